The van der Waals surface area contributed by atoms with E-state index in [4.69, 9.17) is 0 Å². The third kappa shape index (κ3) is 8.55. The van der Waals surface area contributed by atoms with Crippen LogP contribution in [0, 0.1) is 0 Å². The Hall–Kier alpha value is -1.35. The van der Waals surface area contributed by atoms with Crippen molar-refractivity contribution in [3.8, 4) is 11.1 Å². The van der Waals surface area contributed by atoms with Gasteiger partial charge in [0.15, 0.2) is 0 Å². The van der Waals surface area contributed by atoms with E-state index in [0.29, 0.717) is 3.63 Å². The minimum Gasteiger partial charge on any atom is -0.147 e. The van der Waals surface area contributed by atoms with Gasteiger partial charge in [-0.25, -0.2) is 0 Å². The smallest absolute Gasteiger partial charge is 0.147 e. The number of fused-ring (bicyclic) bond motifs is 3. The van der Waals surface area contributed by atoms with Gasteiger partial charge in [-0.3, -0.25) is 0 Å². The van der Waals surface area contributed by atoms with Crippen LogP contribution in [0.5, 0.6) is 0 Å². The maximum atomic E-state index is 3.75. The molecule has 0 radical (unpaired) electrons. The van der Waals surface area contributed by atoms with Crippen LogP contribution in [0.2, 0.25) is 0 Å². The molecule has 5 heteroatoms. The predicted octanol–water partition coefficient (Wildman–Crippen LogP) is 15.0. The Morgan fingerprint density at radius 1 is 0.538 bits per heavy atom. The molecule has 0 atom stereocenters. The number of hydrogen-bond donors (Lipinski definition) is 0. The van der Waals surface area contributed by atoms with Crippen molar-refractivity contribution in [2.24, 2.45) is 0 Å². The van der Waals surface area contributed by atoms with E-state index in [9.17, 15) is 0 Å². The summed E-state index contributed by atoms with van der Waals surface area (Å²) in [5.74, 6) is 0. The van der Waals surface area contributed by atoms with Crippen LogP contribution in [0.15, 0.2) is 103 Å². The summed E-state index contributed by atoms with van der Waals surface area (Å²) in [6.07, 6.45) is 8.25. The van der Waals surface area contributed by atoms with Crippen LogP contribution in [0.4, 0.5) is 0 Å². The van der Waals surface area contributed by atoms with Gasteiger partial charge in [-0.1, -0.05) is 0 Å². The van der Waals surface area contributed by atoms with Crippen molar-refractivity contribution in [1.82, 2.24) is 0 Å². The molecule has 0 aromatic heterocycles. The summed E-state index contributed by atoms with van der Waals surface area (Å²) in [4.78, 5) is 0. The molecule has 4 aromatic rings. The summed E-state index contributed by atoms with van der Waals surface area (Å²) in [5.41, 5.74) is 14.8. The Kier molecular flexibility index (Phi) is 13.1. The number of hydrogen-bond acceptors (Lipinski definition) is 0. The number of allylic oxidation sites excluding steroid dienone is 4. The molecule has 2 aliphatic rings. The van der Waals surface area contributed by atoms with Crippen LogP contribution in [-0.4, -0.2) is 3.21 Å². The molecule has 0 amide bonds. The molecular formula is C47H56Br2Cl2Zr. The maximum absolute atomic E-state index is 3.75. The van der Waals surface area contributed by atoms with Crippen LogP contribution in [0.25, 0.3) is 11.1 Å². The standard InChI is InChI=1S/C29H41.C13H8Br2.C5H5.2ClH.Zr/c1-26(2,3)22-14-18-13-19-15-23(27(4,5)6)25(29(10,11)12)17-21(19)20(18)16-24(22)28(7,8)9;14-12-5-1-10(2-6-12)9-11-3-7-13(15)8-4-11;1-2-4-5-3-1;;;/h13-17H,1-12H3;1-8H;1-3H,4H2;2*1H;. The van der Waals surface area contributed by atoms with E-state index in [1.807, 2.05) is 0 Å². The summed E-state index contributed by atoms with van der Waals surface area (Å²) in [5, 5.41) is 0. The molecular weight excluding hydrogens is 886 g/mol. The van der Waals surface area contributed by atoms with Crippen molar-refractivity contribution in [3.63, 3.8) is 0 Å². The van der Waals surface area contributed by atoms with Crippen molar-refractivity contribution in [2.45, 2.75) is 115 Å². The Morgan fingerprint density at radius 2 is 0.885 bits per heavy atom. The Bertz CT molecular complexity index is 1930. The normalized spacial score (nSPS) is 14.3. The van der Waals surface area contributed by atoms with Crippen LogP contribution < -0.4 is 0 Å². The summed E-state index contributed by atoms with van der Waals surface area (Å²) < 4.78 is 5.84. The third-order valence-corrected chi connectivity index (χ3v) is 19.8. The van der Waals surface area contributed by atoms with Crippen molar-refractivity contribution >= 4 is 59.9 Å². The number of benzene rings is 4. The fourth-order valence-corrected chi connectivity index (χ4v) is 17.5. The van der Waals surface area contributed by atoms with E-state index in [1.54, 1.807) is 17.6 Å². The van der Waals surface area contributed by atoms with Gasteiger partial charge in [0.25, 0.3) is 0 Å². The average Bonchev–Trinajstić information content (AvgIpc) is 3.65. The number of halogens is 4. The first kappa shape index (κ1) is 43.4. The molecule has 0 aliphatic heterocycles. The Morgan fingerprint density at radius 3 is 1.19 bits per heavy atom. The van der Waals surface area contributed by atoms with Gasteiger partial charge in [0.1, 0.15) is 0 Å². The SMILES string of the molecule is CC(C)(C)c1cc2c(cc1C(C)(C)C)[CH]([Zr]([C]1=CC=CC1)=[C](c1ccc(Br)cc1)c1ccc(Br)cc1)c1cc(C(C)(C)C)c(C(C)(C)C)cc1-2.Cl.Cl. The molecule has 0 spiro atoms. The van der Waals surface area contributed by atoms with E-state index in [2.05, 4.69) is 206 Å². The Labute approximate surface area is 351 Å². The van der Waals surface area contributed by atoms with E-state index < -0.39 is 21.3 Å². The van der Waals surface area contributed by atoms with Gasteiger partial charge in [-0.05, 0) is 0 Å². The van der Waals surface area contributed by atoms with Gasteiger partial charge < -0.3 is 0 Å². The zero-order valence-electron chi connectivity index (χ0n) is 33.0. The molecule has 0 unspecified atom stereocenters. The minimum absolute atomic E-state index is 0. The van der Waals surface area contributed by atoms with Gasteiger partial charge in [0.05, 0.1) is 0 Å². The van der Waals surface area contributed by atoms with Crippen LogP contribution in [-0.2, 0) is 42.9 Å². The molecule has 0 saturated heterocycles. The van der Waals surface area contributed by atoms with Crippen molar-refractivity contribution in [2.75, 3.05) is 0 Å². The van der Waals surface area contributed by atoms with E-state index in [1.165, 1.54) is 44.5 Å². The average molecular weight is 943 g/mol. The second-order valence-electron chi connectivity index (χ2n) is 18.5. The van der Waals surface area contributed by atoms with Crippen molar-refractivity contribution in [1.29, 1.82) is 0 Å². The summed E-state index contributed by atoms with van der Waals surface area (Å²) in [6, 6.07) is 28.9. The second-order valence-corrected chi connectivity index (χ2v) is 26.6. The fraction of sp³-hybridized carbons (Fsp3) is 0.383. The molecule has 52 heavy (non-hydrogen) atoms. The zero-order chi connectivity index (χ0) is 36.6. The summed E-state index contributed by atoms with van der Waals surface area (Å²) in [6.45, 7) is 28.8. The zero-order valence-corrected chi connectivity index (χ0v) is 40.3. The molecule has 2 aliphatic carbocycles. The van der Waals surface area contributed by atoms with E-state index in [-0.39, 0.29) is 46.5 Å². The maximum Gasteiger partial charge on any atom is -0.147 e. The second kappa shape index (κ2) is 15.7. The molecule has 0 saturated carbocycles. The number of rotatable bonds is 4. The van der Waals surface area contributed by atoms with E-state index >= 15 is 0 Å². The summed E-state index contributed by atoms with van der Waals surface area (Å²) >= 11 is 4.62. The molecule has 6 rings (SSSR count). The van der Waals surface area contributed by atoms with Gasteiger partial charge in [0, 0.05) is 0 Å². The molecule has 4 aromatic carbocycles. The fourth-order valence-electron chi connectivity index (χ4n) is 7.99. The van der Waals surface area contributed by atoms with E-state index in [0.717, 1.165) is 15.4 Å². The van der Waals surface area contributed by atoms with Gasteiger partial charge in [-0.15, -0.1) is 24.8 Å². The van der Waals surface area contributed by atoms with Crippen LogP contribution >= 0.6 is 56.7 Å². The predicted molar refractivity (Wildman–Crippen MR) is 236 cm³/mol. The van der Waals surface area contributed by atoms with Crippen molar-refractivity contribution < 1.29 is 21.3 Å². The molecule has 0 fully saturated rings. The van der Waals surface area contributed by atoms with Gasteiger partial charge in [0.2, 0.25) is 0 Å². The quantitative estimate of drug-likeness (QED) is 0.191. The summed E-state index contributed by atoms with van der Waals surface area (Å²) in [7, 11) is 0. The Balaban J connectivity index is 0.00000302. The largest absolute Gasteiger partial charge is 0.147 e. The monoisotopic (exact) mass is 938 g/mol. The van der Waals surface area contributed by atoms with Crippen LogP contribution in [0.1, 0.15) is 138 Å². The molecule has 0 N–H and O–H groups in total. The molecule has 0 nitrogen and oxygen atoms in total. The van der Waals surface area contributed by atoms with Gasteiger partial charge in [-0.2, -0.15) is 0 Å². The third-order valence-electron chi connectivity index (χ3n) is 10.5. The molecule has 276 valence electrons. The topological polar surface area (TPSA) is 0 Å². The minimum atomic E-state index is -2.88. The first-order valence-corrected chi connectivity index (χ1v) is 23.6. The van der Waals surface area contributed by atoms with Crippen LogP contribution in [0.3, 0.4) is 0 Å². The van der Waals surface area contributed by atoms with Crippen molar-refractivity contribution in [3.05, 3.63) is 148 Å². The first-order chi connectivity index (χ1) is 23.2. The molecule has 0 bridgehead atoms. The van der Waals surface area contributed by atoms with Gasteiger partial charge >= 0.3 is 330 Å². The first-order valence-electron chi connectivity index (χ1n) is 18.2. The molecule has 0 heterocycles.